The first-order valence-corrected chi connectivity index (χ1v) is 9.75. The molecule has 0 saturated carbocycles. The van der Waals surface area contributed by atoms with Crippen LogP contribution in [0.25, 0.3) is 6.08 Å². The molecule has 8 heteroatoms. The quantitative estimate of drug-likeness (QED) is 0.589. The van der Waals surface area contributed by atoms with E-state index in [1.54, 1.807) is 36.4 Å². The van der Waals surface area contributed by atoms with Gasteiger partial charge in [0.25, 0.3) is 5.91 Å². The number of hydrogen-bond donors (Lipinski definition) is 2. The van der Waals surface area contributed by atoms with Crippen LogP contribution >= 0.6 is 0 Å². The summed E-state index contributed by atoms with van der Waals surface area (Å²) in [6.07, 6.45) is 3.49. The lowest BCUT2D eigenvalue weighted by molar-refractivity contribution is -0.127. The Labute approximate surface area is 173 Å². The molecule has 2 saturated heterocycles. The third kappa shape index (κ3) is 4.17. The van der Waals surface area contributed by atoms with E-state index < -0.39 is 24.4 Å². The van der Waals surface area contributed by atoms with Gasteiger partial charge in [0, 0.05) is 18.8 Å². The Kier molecular flexibility index (Phi) is 5.47. The fourth-order valence-electron chi connectivity index (χ4n) is 3.57. The van der Waals surface area contributed by atoms with E-state index in [0.717, 1.165) is 30.8 Å². The summed E-state index contributed by atoms with van der Waals surface area (Å²) in [6, 6.07) is 12.8. The SMILES string of the molecule is O=C(CN1C(=O)NC(=Cc2ccc(N3CCCC3)c(F)c2)C1=O)Nc1ccccc1. The van der Waals surface area contributed by atoms with Gasteiger partial charge >= 0.3 is 6.03 Å². The molecule has 2 aromatic carbocycles. The van der Waals surface area contributed by atoms with Crippen molar-refractivity contribution in [2.24, 2.45) is 0 Å². The second-order valence-electron chi connectivity index (χ2n) is 7.20. The average Bonchev–Trinajstić information content (AvgIpc) is 3.34. The number of carbonyl (C=O) groups excluding carboxylic acids is 3. The van der Waals surface area contributed by atoms with E-state index in [2.05, 4.69) is 10.6 Å². The Hall–Kier alpha value is -3.68. The number of rotatable bonds is 5. The molecule has 0 aromatic heterocycles. The number of anilines is 2. The summed E-state index contributed by atoms with van der Waals surface area (Å²) >= 11 is 0. The largest absolute Gasteiger partial charge is 0.369 e. The van der Waals surface area contributed by atoms with Gasteiger partial charge in [-0.2, -0.15) is 0 Å². The monoisotopic (exact) mass is 408 g/mol. The van der Waals surface area contributed by atoms with Crippen LogP contribution in [0.4, 0.5) is 20.6 Å². The van der Waals surface area contributed by atoms with Crippen LogP contribution in [0, 0.1) is 5.82 Å². The molecule has 0 spiro atoms. The molecule has 0 aliphatic carbocycles. The molecule has 0 radical (unpaired) electrons. The lowest BCUT2D eigenvalue weighted by Gasteiger charge is -2.18. The third-order valence-corrected chi connectivity index (χ3v) is 5.05. The highest BCUT2D eigenvalue weighted by Gasteiger charge is 2.35. The smallest absolute Gasteiger partial charge is 0.329 e. The first-order chi connectivity index (χ1) is 14.5. The van der Waals surface area contributed by atoms with Gasteiger partial charge in [-0.3, -0.25) is 9.59 Å². The van der Waals surface area contributed by atoms with Gasteiger partial charge in [-0.25, -0.2) is 14.1 Å². The predicted octanol–water partition coefficient (Wildman–Crippen LogP) is 2.96. The maximum absolute atomic E-state index is 14.5. The maximum Gasteiger partial charge on any atom is 0.329 e. The van der Waals surface area contributed by atoms with Crippen LogP contribution in [0.15, 0.2) is 54.2 Å². The molecule has 30 heavy (non-hydrogen) atoms. The number of nitrogens with zero attached hydrogens (tertiary/aromatic N) is 2. The number of para-hydroxylation sites is 1. The van der Waals surface area contributed by atoms with Gasteiger partial charge in [0.15, 0.2) is 0 Å². The molecule has 7 nitrogen and oxygen atoms in total. The minimum Gasteiger partial charge on any atom is -0.369 e. The fourth-order valence-corrected chi connectivity index (χ4v) is 3.57. The maximum atomic E-state index is 14.5. The minimum absolute atomic E-state index is 0.000772. The first kappa shape index (κ1) is 19.6. The van der Waals surface area contributed by atoms with Crippen LogP contribution in [0.5, 0.6) is 0 Å². The van der Waals surface area contributed by atoms with E-state index in [9.17, 15) is 18.8 Å². The van der Waals surface area contributed by atoms with Gasteiger partial charge in [-0.1, -0.05) is 24.3 Å². The topological polar surface area (TPSA) is 81.8 Å². The molecule has 0 atom stereocenters. The average molecular weight is 408 g/mol. The van der Waals surface area contributed by atoms with Crippen molar-refractivity contribution >= 4 is 35.3 Å². The molecule has 0 bridgehead atoms. The van der Waals surface area contributed by atoms with Gasteiger partial charge in [-0.15, -0.1) is 0 Å². The molecular weight excluding hydrogens is 387 g/mol. The Balaban J connectivity index is 1.44. The van der Waals surface area contributed by atoms with Crippen LogP contribution in [0.2, 0.25) is 0 Å². The molecule has 2 aliphatic rings. The van der Waals surface area contributed by atoms with E-state index in [0.29, 0.717) is 16.9 Å². The van der Waals surface area contributed by atoms with Crippen molar-refractivity contribution in [2.75, 3.05) is 29.9 Å². The number of urea groups is 1. The molecule has 154 valence electrons. The molecule has 2 aromatic rings. The molecule has 2 aliphatic heterocycles. The summed E-state index contributed by atoms with van der Waals surface area (Å²) in [5.74, 6) is -1.50. The van der Waals surface area contributed by atoms with Crippen molar-refractivity contribution in [1.82, 2.24) is 10.2 Å². The van der Waals surface area contributed by atoms with Crippen molar-refractivity contribution in [2.45, 2.75) is 12.8 Å². The highest BCUT2D eigenvalue weighted by molar-refractivity contribution is 6.15. The predicted molar refractivity (Wildman–Crippen MR) is 111 cm³/mol. The van der Waals surface area contributed by atoms with Gasteiger partial charge in [-0.05, 0) is 48.7 Å². The Morgan fingerprint density at radius 3 is 2.53 bits per heavy atom. The number of imide groups is 1. The van der Waals surface area contributed by atoms with Crippen molar-refractivity contribution in [3.05, 3.63) is 65.6 Å². The lowest BCUT2D eigenvalue weighted by Crippen LogP contribution is -2.38. The van der Waals surface area contributed by atoms with Crippen LogP contribution in [0.3, 0.4) is 0 Å². The number of hydrogen-bond acceptors (Lipinski definition) is 4. The summed E-state index contributed by atoms with van der Waals surface area (Å²) < 4.78 is 14.5. The number of carbonyl (C=O) groups is 3. The number of nitrogens with one attached hydrogen (secondary N) is 2. The second-order valence-corrected chi connectivity index (χ2v) is 7.20. The number of halogens is 1. The van der Waals surface area contributed by atoms with E-state index >= 15 is 0 Å². The zero-order valence-electron chi connectivity index (χ0n) is 16.2. The Bertz CT molecular complexity index is 1020. The summed E-state index contributed by atoms with van der Waals surface area (Å²) in [4.78, 5) is 39.7. The Morgan fingerprint density at radius 1 is 1.10 bits per heavy atom. The summed E-state index contributed by atoms with van der Waals surface area (Å²) in [6.45, 7) is 1.23. The van der Waals surface area contributed by atoms with E-state index in [4.69, 9.17) is 0 Å². The van der Waals surface area contributed by atoms with E-state index in [-0.39, 0.29) is 11.5 Å². The first-order valence-electron chi connectivity index (χ1n) is 9.75. The fraction of sp³-hybridized carbons (Fsp3) is 0.227. The molecule has 0 unspecified atom stereocenters. The summed E-state index contributed by atoms with van der Waals surface area (Å²) in [5, 5.41) is 5.07. The molecule has 2 heterocycles. The van der Waals surface area contributed by atoms with Crippen LogP contribution in [0.1, 0.15) is 18.4 Å². The zero-order chi connectivity index (χ0) is 21.1. The number of amides is 4. The van der Waals surface area contributed by atoms with Gasteiger partial charge in [0.05, 0.1) is 5.69 Å². The highest BCUT2D eigenvalue weighted by atomic mass is 19.1. The Morgan fingerprint density at radius 2 is 1.83 bits per heavy atom. The van der Waals surface area contributed by atoms with Gasteiger partial charge in [0.1, 0.15) is 18.1 Å². The lowest BCUT2D eigenvalue weighted by atomic mass is 10.1. The van der Waals surface area contributed by atoms with E-state index in [1.165, 1.54) is 12.1 Å². The zero-order valence-corrected chi connectivity index (χ0v) is 16.2. The molecule has 4 amide bonds. The summed E-state index contributed by atoms with van der Waals surface area (Å²) in [5.41, 5.74) is 1.56. The van der Waals surface area contributed by atoms with Gasteiger partial charge in [0.2, 0.25) is 5.91 Å². The highest BCUT2D eigenvalue weighted by Crippen LogP contribution is 2.25. The van der Waals surface area contributed by atoms with Crippen molar-refractivity contribution in [3.8, 4) is 0 Å². The number of benzene rings is 2. The normalized spacial score (nSPS) is 17.6. The molecular formula is C22H21FN4O3. The van der Waals surface area contributed by atoms with Crippen LogP contribution in [-0.2, 0) is 9.59 Å². The molecule has 2 N–H and O–H groups in total. The standard InChI is InChI=1S/C22H21FN4O3/c23-17-12-15(8-9-19(17)26-10-4-5-11-26)13-18-21(29)27(22(30)25-18)14-20(28)24-16-6-2-1-3-7-16/h1-3,6-9,12-13H,4-5,10-11,14H2,(H,24,28)(H,25,30). The van der Waals surface area contributed by atoms with Crippen LogP contribution < -0.4 is 15.5 Å². The van der Waals surface area contributed by atoms with Gasteiger partial charge < -0.3 is 15.5 Å². The van der Waals surface area contributed by atoms with Crippen molar-refractivity contribution in [3.63, 3.8) is 0 Å². The van der Waals surface area contributed by atoms with E-state index in [1.807, 2.05) is 11.0 Å². The van der Waals surface area contributed by atoms with Crippen molar-refractivity contribution < 1.29 is 18.8 Å². The third-order valence-electron chi connectivity index (χ3n) is 5.05. The summed E-state index contributed by atoms with van der Waals surface area (Å²) in [7, 11) is 0. The minimum atomic E-state index is -0.691. The molecule has 4 rings (SSSR count). The molecule has 2 fully saturated rings. The second kappa shape index (κ2) is 8.36. The van der Waals surface area contributed by atoms with Crippen molar-refractivity contribution in [1.29, 1.82) is 0 Å². The van der Waals surface area contributed by atoms with Crippen LogP contribution in [-0.4, -0.2) is 42.4 Å².